The molecule has 0 bridgehead atoms. The lowest BCUT2D eigenvalue weighted by Gasteiger charge is -2.38. The molecule has 1 spiro atoms. The van der Waals surface area contributed by atoms with E-state index in [2.05, 4.69) is 4.72 Å². The zero-order chi connectivity index (χ0) is 15.8. The number of sulfonamides is 1. The van der Waals surface area contributed by atoms with Crippen molar-refractivity contribution in [2.24, 2.45) is 0 Å². The van der Waals surface area contributed by atoms with E-state index in [9.17, 15) is 13.2 Å². The molecule has 8 heteroatoms. The predicted molar refractivity (Wildman–Crippen MR) is 78.9 cm³/mol. The fraction of sp³-hybridized carbons (Fsp3) is 0.643. The van der Waals surface area contributed by atoms with Crippen LogP contribution in [-0.2, 0) is 14.8 Å². The van der Waals surface area contributed by atoms with Crippen molar-refractivity contribution in [2.75, 3.05) is 26.0 Å². The van der Waals surface area contributed by atoms with Crippen molar-refractivity contribution in [3.05, 3.63) is 24.2 Å². The molecule has 2 saturated heterocycles. The van der Waals surface area contributed by atoms with Crippen LogP contribution < -0.4 is 4.72 Å². The van der Waals surface area contributed by atoms with Crippen molar-refractivity contribution < 1.29 is 22.4 Å². The maximum Gasteiger partial charge on any atom is 0.289 e. The zero-order valence-corrected chi connectivity index (χ0v) is 13.3. The highest BCUT2D eigenvalue weighted by Crippen LogP contribution is 2.35. The number of carbonyl (C=O) groups is 1. The Labute approximate surface area is 129 Å². The van der Waals surface area contributed by atoms with Crippen LogP contribution in [-0.4, -0.2) is 56.8 Å². The van der Waals surface area contributed by atoms with E-state index in [-0.39, 0.29) is 11.9 Å². The Morgan fingerprint density at radius 1 is 1.50 bits per heavy atom. The lowest BCUT2D eigenvalue weighted by molar-refractivity contribution is -0.0763. The summed E-state index contributed by atoms with van der Waals surface area (Å²) in [6.07, 6.45) is 4.59. The van der Waals surface area contributed by atoms with Gasteiger partial charge in [-0.05, 0) is 31.4 Å². The lowest BCUT2D eigenvalue weighted by Crippen LogP contribution is -2.50. The highest BCUT2D eigenvalue weighted by Gasteiger charge is 2.45. The molecule has 2 fully saturated rings. The molecule has 122 valence electrons. The number of hydrogen-bond acceptors (Lipinski definition) is 5. The van der Waals surface area contributed by atoms with E-state index in [4.69, 9.17) is 9.15 Å². The number of ether oxygens (including phenoxy) is 1. The minimum atomic E-state index is -3.24. The van der Waals surface area contributed by atoms with Gasteiger partial charge in [0, 0.05) is 19.2 Å². The fourth-order valence-electron chi connectivity index (χ4n) is 3.29. The van der Waals surface area contributed by atoms with Gasteiger partial charge in [-0.2, -0.15) is 0 Å². The number of rotatable bonds is 3. The van der Waals surface area contributed by atoms with Crippen molar-refractivity contribution in [1.82, 2.24) is 9.62 Å². The van der Waals surface area contributed by atoms with Crippen LogP contribution in [0.25, 0.3) is 0 Å². The topological polar surface area (TPSA) is 88.9 Å². The second kappa shape index (κ2) is 5.68. The molecule has 0 unspecified atom stereocenters. The third-order valence-corrected chi connectivity index (χ3v) is 4.97. The van der Waals surface area contributed by atoms with E-state index < -0.39 is 15.6 Å². The van der Waals surface area contributed by atoms with Crippen LogP contribution >= 0.6 is 0 Å². The summed E-state index contributed by atoms with van der Waals surface area (Å²) in [6, 6.07) is 3.19. The van der Waals surface area contributed by atoms with Crippen LogP contribution in [0.5, 0.6) is 0 Å². The third-order valence-electron chi connectivity index (χ3n) is 4.21. The maximum absolute atomic E-state index is 12.3. The van der Waals surface area contributed by atoms with Gasteiger partial charge in [0.2, 0.25) is 10.0 Å². The number of amides is 1. The molecule has 0 saturated carbocycles. The molecule has 0 aromatic carbocycles. The van der Waals surface area contributed by atoms with Gasteiger partial charge in [-0.25, -0.2) is 13.1 Å². The number of furan rings is 1. The summed E-state index contributed by atoms with van der Waals surface area (Å²) in [5.74, 6) is 0.169. The van der Waals surface area contributed by atoms with Gasteiger partial charge >= 0.3 is 0 Å². The van der Waals surface area contributed by atoms with Gasteiger partial charge < -0.3 is 14.1 Å². The smallest absolute Gasteiger partial charge is 0.289 e. The highest BCUT2D eigenvalue weighted by atomic mass is 32.2. The Morgan fingerprint density at radius 2 is 2.32 bits per heavy atom. The second-order valence-corrected chi connectivity index (χ2v) is 7.85. The summed E-state index contributed by atoms with van der Waals surface area (Å²) >= 11 is 0. The molecule has 0 aliphatic carbocycles. The first-order valence-corrected chi connectivity index (χ1v) is 9.20. The summed E-state index contributed by atoms with van der Waals surface area (Å²) in [5, 5.41) is 0. The molecule has 3 heterocycles. The van der Waals surface area contributed by atoms with Crippen molar-refractivity contribution >= 4 is 15.9 Å². The Balaban J connectivity index is 1.66. The summed E-state index contributed by atoms with van der Waals surface area (Å²) in [5.41, 5.74) is -0.455. The summed E-state index contributed by atoms with van der Waals surface area (Å²) < 4.78 is 36.5. The fourth-order valence-corrected chi connectivity index (χ4v) is 4.10. The van der Waals surface area contributed by atoms with Crippen LogP contribution in [0.15, 0.2) is 22.8 Å². The lowest BCUT2D eigenvalue weighted by atomic mass is 9.90. The molecular formula is C14H20N2O5S. The van der Waals surface area contributed by atoms with Gasteiger partial charge in [-0.1, -0.05) is 0 Å². The van der Waals surface area contributed by atoms with E-state index >= 15 is 0 Å². The van der Waals surface area contributed by atoms with Crippen LogP contribution in [0.3, 0.4) is 0 Å². The number of nitrogens with zero attached hydrogens (tertiary/aromatic N) is 1. The largest absolute Gasteiger partial charge is 0.459 e. The van der Waals surface area contributed by atoms with Crippen LogP contribution in [0.1, 0.15) is 29.8 Å². The van der Waals surface area contributed by atoms with Crippen molar-refractivity contribution in [1.29, 1.82) is 0 Å². The highest BCUT2D eigenvalue weighted by molar-refractivity contribution is 7.88. The molecule has 1 aromatic rings. The maximum atomic E-state index is 12.3. The molecule has 0 radical (unpaired) electrons. The van der Waals surface area contributed by atoms with E-state index in [1.807, 2.05) is 0 Å². The van der Waals surface area contributed by atoms with Gasteiger partial charge in [0.15, 0.2) is 5.76 Å². The first-order valence-electron chi connectivity index (χ1n) is 7.31. The average molecular weight is 328 g/mol. The molecule has 22 heavy (non-hydrogen) atoms. The van der Waals surface area contributed by atoms with E-state index in [1.54, 1.807) is 17.0 Å². The quantitative estimate of drug-likeness (QED) is 0.877. The Bertz CT molecular complexity index is 642. The van der Waals surface area contributed by atoms with Gasteiger partial charge in [-0.15, -0.1) is 0 Å². The van der Waals surface area contributed by atoms with E-state index in [1.165, 1.54) is 6.26 Å². The number of nitrogens with one attached hydrogen (secondary N) is 1. The van der Waals surface area contributed by atoms with Crippen LogP contribution in [0, 0.1) is 0 Å². The Morgan fingerprint density at radius 3 is 3.00 bits per heavy atom. The molecule has 1 N–H and O–H groups in total. The number of hydrogen-bond donors (Lipinski definition) is 1. The molecule has 2 aliphatic heterocycles. The molecule has 2 atom stereocenters. The SMILES string of the molecule is CS(=O)(=O)N[C@H]1CCO[C@]2(CCN(C(=O)c3ccco3)C2)C1. The number of carbonyl (C=O) groups excluding carboxylic acids is 1. The Hall–Kier alpha value is -1.38. The molecule has 1 aromatic heterocycles. The van der Waals surface area contributed by atoms with Gasteiger partial charge in [0.1, 0.15) is 0 Å². The number of likely N-dealkylation sites (tertiary alicyclic amines) is 1. The Kier molecular flexibility index (Phi) is 4.00. The molecule has 1 amide bonds. The minimum absolute atomic E-state index is 0.137. The van der Waals surface area contributed by atoms with Crippen LogP contribution in [0.2, 0.25) is 0 Å². The van der Waals surface area contributed by atoms with Crippen molar-refractivity contribution in [2.45, 2.75) is 30.9 Å². The predicted octanol–water partition coefficient (Wildman–Crippen LogP) is 0.593. The molecular weight excluding hydrogens is 308 g/mol. The standard InChI is InChI=1S/C14H20N2O5S/c1-22(18,19)15-11-4-8-21-14(9-11)5-6-16(10-14)13(17)12-3-2-7-20-12/h2-3,7,11,15H,4-6,8-10H2,1H3/t11-,14+/m0/s1. The first kappa shape index (κ1) is 15.5. The molecule has 3 rings (SSSR count). The third kappa shape index (κ3) is 3.34. The first-order chi connectivity index (χ1) is 10.4. The molecule has 7 nitrogen and oxygen atoms in total. The normalized spacial score (nSPS) is 29.1. The average Bonchev–Trinajstić information content (AvgIpc) is 3.06. The summed E-state index contributed by atoms with van der Waals surface area (Å²) in [7, 11) is -3.24. The summed E-state index contributed by atoms with van der Waals surface area (Å²) in [4.78, 5) is 14.0. The van der Waals surface area contributed by atoms with Gasteiger partial charge in [-0.3, -0.25) is 4.79 Å². The van der Waals surface area contributed by atoms with Crippen LogP contribution in [0.4, 0.5) is 0 Å². The monoisotopic (exact) mass is 328 g/mol. The van der Waals surface area contributed by atoms with Crippen molar-refractivity contribution in [3.8, 4) is 0 Å². The van der Waals surface area contributed by atoms with Gasteiger partial charge in [0.05, 0.1) is 24.7 Å². The second-order valence-electron chi connectivity index (χ2n) is 6.07. The molecule has 2 aliphatic rings. The summed E-state index contributed by atoms with van der Waals surface area (Å²) in [6.45, 7) is 1.55. The van der Waals surface area contributed by atoms with Crippen molar-refractivity contribution in [3.63, 3.8) is 0 Å². The van der Waals surface area contributed by atoms with E-state index in [0.717, 1.165) is 6.26 Å². The zero-order valence-electron chi connectivity index (χ0n) is 12.4. The van der Waals surface area contributed by atoms with Gasteiger partial charge in [0.25, 0.3) is 5.91 Å². The van der Waals surface area contributed by atoms with E-state index in [0.29, 0.717) is 44.7 Å². The minimum Gasteiger partial charge on any atom is -0.459 e.